The Morgan fingerprint density at radius 3 is 2.50 bits per heavy atom. The Bertz CT molecular complexity index is 1000. The van der Waals surface area contributed by atoms with Crippen molar-refractivity contribution >= 4 is 22.5 Å². The summed E-state index contributed by atoms with van der Waals surface area (Å²) in [5.41, 5.74) is 0.429. The molecule has 122 valence electrons. The lowest BCUT2D eigenvalue weighted by Gasteiger charge is -2.06. The van der Waals surface area contributed by atoms with Gasteiger partial charge < -0.3 is 9.52 Å². The molecule has 0 atom stereocenters. The number of hydrogen-bond acceptors (Lipinski definition) is 2. The smallest absolute Gasteiger partial charge is 0.372 e. The molecule has 0 saturated carbocycles. The van der Waals surface area contributed by atoms with Crippen LogP contribution in [0.5, 0.6) is 0 Å². The fourth-order valence-electron chi connectivity index (χ4n) is 2.66. The molecule has 0 aliphatic carbocycles. The second-order valence-electron chi connectivity index (χ2n) is 5.32. The lowest BCUT2D eigenvalue weighted by molar-refractivity contribution is 0.0664. The van der Waals surface area contributed by atoms with E-state index in [0.29, 0.717) is 17.0 Å². The molecular formula is C18H11F3O3. The van der Waals surface area contributed by atoms with Crippen LogP contribution >= 0.6 is 0 Å². The highest BCUT2D eigenvalue weighted by Gasteiger charge is 2.24. The van der Waals surface area contributed by atoms with Crippen molar-refractivity contribution in [3.8, 4) is 11.1 Å². The average Bonchev–Trinajstić information content (AvgIpc) is 2.90. The molecule has 1 N–H and O–H groups in total. The van der Waals surface area contributed by atoms with E-state index in [2.05, 4.69) is 6.58 Å². The zero-order valence-corrected chi connectivity index (χ0v) is 12.5. The Labute approximate surface area is 134 Å². The van der Waals surface area contributed by atoms with Crippen LogP contribution in [0.2, 0.25) is 0 Å². The maximum Gasteiger partial charge on any atom is 0.372 e. The van der Waals surface area contributed by atoms with Crippen molar-refractivity contribution in [1.29, 1.82) is 0 Å². The van der Waals surface area contributed by atoms with Gasteiger partial charge in [0.15, 0.2) is 11.6 Å². The summed E-state index contributed by atoms with van der Waals surface area (Å²) in [6.45, 7) is 5.32. The summed E-state index contributed by atoms with van der Waals surface area (Å²) in [6.07, 6.45) is 0. The number of allylic oxidation sites excluding steroid dienone is 1. The Balaban J connectivity index is 2.42. The molecule has 1 aromatic heterocycles. The van der Waals surface area contributed by atoms with Crippen LogP contribution in [0.15, 0.2) is 41.3 Å². The number of para-hydroxylation sites is 1. The van der Waals surface area contributed by atoms with Crippen molar-refractivity contribution in [1.82, 2.24) is 0 Å². The summed E-state index contributed by atoms with van der Waals surface area (Å²) >= 11 is 0. The Kier molecular flexibility index (Phi) is 3.67. The molecule has 2 aromatic carbocycles. The molecule has 3 aromatic rings. The monoisotopic (exact) mass is 332 g/mol. The van der Waals surface area contributed by atoms with Crippen LogP contribution in [-0.4, -0.2) is 11.1 Å². The number of aromatic carboxylic acids is 1. The average molecular weight is 332 g/mol. The Morgan fingerprint density at radius 2 is 1.88 bits per heavy atom. The molecular weight excluding hydrogens is 321 g/mol. The molecule has 0 fully saturated rings. The minimum Gasteiger partial charge on any atom is -0.475 e. The van der Waals surface area contributed by atoms with E-state index in [1.54, 1.807) is 13.0 Å². The fourth-order valence-corrected chi connectivity index (χ4v) is 2.66. The largest absolute Gasteiger partial charge is 0.475 e. The highest BCUT2D eigenvalue weighted by atomic mass is 19.2. The Hall–Kier alpha value is -3.02. The van der Waals surface area contributed by atoms with Crippen LogP contribution in [0.1, 0.15) is 23.0 Å². The third-order valence-electron chi connectivity index (χ3n) is 3.62. The second kappa shape index (κ2) is 5.56. The second-order valence-corrected chi connectivity index (χ2v) is 5.32. The van der Waals surface area contributed by atoms with Gasteiger partial charge in [-0.2, -0.15) is 0 Å². The van der Waals surface area contributed by atoms with Gasteiger partial charge in [-0.25, -0.2) is 18.0 Å². The minimum atomic E-state index is -1.34. The number of hydrogen-bond donors (Lipinski definition) is 1. The Morgan fingerprint density at radius 1 is 1.17 bits per heavy atom. The van der Waals surface area contributed by atoms with E-state index in [0.717, 1.165) is 6.07 Å². The number of benzene rings is 2. The normalized spacial score (nSPS) is 11.0. The molecule has 0 radical (unpaired) electrons. The van der Waals surface area contributed by atoms with Crippen LogP contribution in [0.4, 0.5) is 13.2 Å². The van der Waals surface area contributed by atoms with Crippen molar-refractivity contribution in [2.45, 2.75) is 6.92 Å². The molecule has 0 unspecified atom stereocenters. The zero-order chi connectivity index (χ0) is 17.6. The number of halogens is 3. The topological polar surface area (TPSA) is 50.4 Å². The van der Waals surface area contributed by atoms with Gasteiger partial charge in [0, 0.05) is 28.1 Å². The van der Waals surface area contributed by atoms with E-state index >= 15 is 0 Å². The lowest BCUT2D eigenvalue weighted by Crippen LogP contribution is -1.97. The maximum atomic E-state index is 14.1. The van der Waals surface area contributed by atoms with Crippen molar-refractivity contribution in [3.05, 3.63) is 65.7 Å². The molecule has 0 aliphatic heterocycles. The first kappa shape index (κ1) is 15.9. The summed E-state index contributed by atoms with van der Waals surface area (Å²) in [5, 5.41) is 9.67. The van der Waals surface area contributed by atoms with Crippen LogP contribution in [0, 0.1) is 17.5 Å². The van der Waals surface area contributed by atoms with Crippen molar-refractivity contribution in [2.75, 3.05) is 0 Å². The summed E-state index contributed by atoms with van der Waals surface area (Å²) in [5.74, 6) is -5.21. The van der Waals surface area contributed by atoms with Gasteiger partial charge in [-0.3, -0.25) is 0 Å². The van der Waals surface area contributed by atoms with Crippen LogP contribution in [0.25, 0.3) is 27.7 Å². The van der Waals surface area contributed by atoms with Gasteiger partial charge in [0.05, 0.1) is 0 Å². The summed E-state index contributed by atoms with van der Waals surface area (Å²) in [7, 11) is 0. The number of furan rings is 1. The van der Waals surface area contributed by atoms with Crippen molar-refractivity contribution < 1.29 is 27.5 Å². The van der Waals surface area contributed by atoms with E-state index in [9.17, 15) is 23.1 Å². The molecule has 0 aliphatic rings. The third kappa shape index (κ3) is 2.36. The first-order valence-electron chi connectivity index (χ1n) is 6.91. The zero-order valence-electron chi connectivity index (χ0n) is 12.5. The van der Waals surface area contributed by atoms with Gasteiger partial charge in [0.1, 0.15) is 11.4 Å². The number of carboxylic acids is 1. The van der Waals surface area contributed by atoms with Crippen LogP contribution in [0.3, 0.4) is 0 Å². The van der Waals surface area contributed by atoms with Gasteiger partial charge in [-0.15, -0.1) is 0 Å². The fraction of sp³-hybridized carbons (Fsp3) is 0.0556. The van der Waals surface area contributed by atoms with E-state index in [4.69, 9.17) is 4.42 Å². The molecule has 24 heavy (non-hydrogen) atoms. The predicted molar refractivity (Wildman–Crippen MR) is 83.2 cm³/mol. The van der Waals surface area contributed by atoms with Crippen LogP contribution < -0.4 is 0 Å². The van der Waals surface area contributed by atoms with Gasteiger partial charge in [-0.1, -0.05) is 24.8 Å². The van der Waals surface area contributed by atoms with Crippen molar-refractivity contribution in [2.24, 2.45) is 0 Å². The van der Waals surface area contributed by atoms with Crippen LogP contribution in [-0.2, 0) is 0 Å². The number of rotatable bonds is 3. The van der Waals surface area contributed by atoms with Crippen molar-refractivity contribution in [3.63, 3.8) is 0 Å². The molecule has 6 heteroatoms. The number of carbonyl (C=O) groups is 1. The first-order chi connectivity index (χ1) is 11.3. The highest BCUT2D eigenvalue weighted by Crippen LogP contribution is 2.38. The maximum absolute atomic E-state index is 14.1. The van der Waals surface area contributed by atoms with Gasteiger partial charge in [0.2, 0.25) is 5.76 Å². The quantitative estimate of drug-likeness (QED) is 0.667. The SMILES string of the molecule is C=C(C)c1c(C(=O)O)oc2c(-c3cc(F)cc(F)c3F)cccc12. The summed E-state index contributed by atoms with van der Waals surface area (Å²) in [6, 6.07) is 5.76. The molecule has 3 rings (SSSR count). The summed E-state index contributed by atoms with van der Waals surface area (Å²) < 4.78 is 46.5. The molecule has 3 nitrogen and oxygen atoms in total. The van der Waals surface area contributed by atoms with E-state index in [-0.39, 0.29) is 28.0 Å². The van der Waals surface area contributed by atoms with Gasteiger partial charge in [-0.05, 0) is 18.6 Å². The predicted octanol–water partition coefficient (Wildman–Crippen LogP) is 5.25. The van der Waals surface area contributed by atoms with E-state index < -0.39 is 23.4 Å². The minimum absolute atomic E-state index is 0.0248. The molecule has 1 heterocycles. The molecule has 0 saturated heterocycles. The number of carboxylic acid groups (broad SMARTS) is 1. The van der Waals surface area contributed by atoms with Gasteiger partial charge in [0.25, 0.3) is 0 Å². The van der Waals surface area contributed by atoms with E-state index in [1.165, 1.54) is 12.1 Å². The standard InChI is InChI=1S/C18H11F3O3/c1-8(2)14-11-5-3-4-10(16(11)24-17(14)18(22)23)12-6-9(19)7-13(20)15(12)21/h3-7H,1H2,2H3,(H,22,23). The lowest BCUT2D eigenvalue weighted by atomic mass is 9.99. The molecule has 0 bridgehead atoms. The molecule has 0 spiro atoms. The van der Waals surface area contributed by atoms with Gasteiger partial charge >= 0.3 is 5.97 Å². The first-order valence-corrected chi connectivity index (χ1v) is 6.91. The highest BCUT2D eigenvalue weighted by molar-refractivity contribution is 6.05. The van der Waals surface area contributed by atoms with E-state index in [1.807, 2.05) is 0 Å². The molecule has 0 amide bonds. The summed E-state index contributed by atoms with van der Waals surface area (Å²) in [4.78, 5) is 11.4. The third-order valence-corrected chi connectivity index (χ3v) is 3.62. The number of fused-ring (bicyclic) bond motifs is 1.